The predicted octanol–water partition coefficient (Wildman–Crippen LogP) is 4.01. The van der Waals surface area contributed by atoms with Gasteiger partial charge < -0.3 is 0 Å². The van der Waals surface area contributed by atoms with Crippen molar-refractivity contribution in [1.29, 1.82) is 0 Å². The number of nitrogens with zero attached hydrogens (tertiary/aromatic N) is 2. The van der Waals surface area contributed by atoms with E-state index < -0.39 is 12.6 Å². The van der Waals surface area contributed by atoms with Crippen molar-refractivity contribution in [3.05, 3.63) is 32.1 Å². The first-order valence-corrected chi connectivity index (χ1v) is 6.13. The number of alkyl halides is 3. The Bertz CT molecular complexity index is 577. The third-order valence-electron chi connectivity index (χ3n) is 2.26. The van der Waals surface area contributed by atoms with E-state index in [0.29, 0.717) is 14.4 Å². The number of hydrogen-bond acceptors (Lipinski definition) is 1. The number of aryl methyl sites for hydroxylation is 1. The van der Waals surface area contributed by atoms with E-state index in [-0.39, 0.29) is 5.56 Å². The Morgan fingerprint density at radius 1 is 1.41 bits per heavy atom. The molecule has 17 heavy (non-hydrogen) atoms. The van der Waals surface area contributed by atoms with Crippen molar-refractivity contribution in [3.63, 3.8) is 0 Å². The molecule has 0 aliphatic rings. The molecule has 2 aromatic rings. The van der Waals surface area contributed by atoms with E-state index in [1.54, 1.807) is 41.6 Å². The van der Waals surface area contributed by atoms with Crippen LogP contribution >= 0.6 is 34.2 Å². The lowest BCUT2D eigenvalue weighted by Crippen LogP contribution is -2.12. The van der Waals surface area contributed by atoms with Gasteiger partial charge in [0.1, 0.15) is 8.85 Å². The summed E-state index contributed by atoms with van der Waals surface area (Å²) in [7, 11) is 0. The molecular weight excluding hydrogens is 367 g/mol. The maximum Gasteiger partial charge on any atom is 0.393 e. The van der Waals surface area contributed by atoms with Crippen LogP contribution in [-0.2, 0) is 6.42 Å². The molecule has 2 aromatic heterocycles. The number of hydrogen-bond donors (Lipinski definition) is 0. The summed E-state index contributed by atoms with van der Waals surface area (Å²) >= 11 is 7.73. The minimum atomic E-state index is -4.25. The Kier molecular flexibility index (Phi) is 3.28. The summed E-state index contributed by atoms with van der Waals surface area (Å²) in [6.07, 6.45) is -5.24. The molecule has 0 spiro atoms. The molecule has 0 amide bonds. The van der Waals surface area contributed by atoms with Crippen molar-refractivity contribution in [1.82, 2.24) is 9.61 Å². The molecule has 0 aliphatic heterocycles. The van der Waals surface area contributed by atoms with Crippen molar-refractivity contribution in [2.24, 2.45) is 0 Å². The van der Waals surface area contributed by atoms with Gasteiger partial charge in [0.2, 0.25) is 0 Å². The van der Waals surface area contributed by atoms with Gasteiger partial charge in [-0.2, -0.15) is 18.3 Å². The van der Waals surface area contributed by atoms with Crippen LogP contribution in [0, 0.1) is 10.6 Å². The van der Waals surface area contributed by atoms with Gasteiger partial charge in [-0.1, -0.05) is 11.6 Å². The van der Waals surface area contributed by atoms with Crippen LogP contribution in [0.4, 0.5) is 13.2 Å². The number of rotatable bonds is 1. The van der Waals surface area contributed by atoms with Crippen molar-refractivity contribution in [3.8, 4) is 0 Å². The van der Waals surface area contributed by atoms with E-state index in [1.165, 1.54) is 4.52 Å². The fourth-order valence-corrected chi connectivity index (χ4v) is 2.60. The summed E-state index contributed by atoms with van der Waals surface area (Å²) in [6.45, 7) is 1.78. The maximum absolute atomic E-state index is 12.5. The van der Waals surface area contributed by atoms with Gasteiger partial charge in [-0.25, -0.2) is 4.52 Å². The van der Waals surface area contributed by atoms with Crippen LogP contribution in [0.3, 0.4) is 0 Å². The lowest BCUT2D eigenvalue weighted by atomic mass is 10.1. The van der Waals surface area contributed by atoms with Gasteiger partial charge >= 0.3 is 6.18 Å². The molecule has 2 rings (SSSR count). The number of aromatic nitrogens is 2. The summed E-state index contributed by atoms with van der Waals surface area (Å²) in [4.78, 5) is 0. The Labute approximate surface area is 114 Å². The zero-order valence-electron chi connectivity index (χ0n) is 8.65. The monoisotopic (exact) mass is 374 g/mol. The zero-order chi connectivity index (χ0) is 12.8. The second kappa shape index (κ2) is 4.31. The SMILES string of the molecule is Cc1cc(Cl)n2nc(I)c(CC(F)(F)F)c2c1. The summed E-state index contributed by atoms with van der Waals surface area (Å²) < 4.78 is 39.0. The molecule has 0 bridgehead atoms. The summed E-state index contributed by atoms with van der Waals surface area (Å²) in [5.74, 6) is 0. The fourth-order valence-electron chi connectivity index (χ4n) is 1.62. The van der Waals surface area contributed by atoms with Crippen molar-refractivity contribution in [2.75, 3.05) is 0 Å². The molecule has 0 saturated carbocycles. The molecule has 0 N–H and O–H groups in total. The van der Waals surface area contributed by atoms with Gasteiger partial charge in [0, 0.05) is 5.56 Å². The molecule has 0 aliphatic carbocycles. The molecule has 7 heteroatoms. The van der Waals surface area contributed by atoms with Crippen molar-refractivity contribution in [2.45, 2.75) is 19.5 Å². The summed E-state index contributed by atoms with van der Waals surface area (Å²) in [6, 6.07) is 3.32. The summed E-state index contributed by atoms with van der Waals surface area (Å²) in [5, 5.41) is 4.32. The average molecular weight is 375 g/mol. The Morgan fingerprint density at radius 2 is 2.06 bits per heavy atom. The quantitative estimate of drug-likeness (QED) is 0.545. The molecule has 2 heterocycles. The molecule has 0 saturated heterocycles. The number of pyridine rings is 1. The lowest BCUT2D eigenvalue weighted by Gasteiger charge is -2.06. The standard InChI is InChI=1S/C10H7ClF3IN2/c1-5-2-7-6(4-10(12,13)14)9(15)16-17(7)8(11)3-5/h2-3H,4H2,1H3. The second-order valence-corrected chi connectivity index (χ2v) is 5.12. The minimum Gasteiger partial charge on any atom is -0.221 e. The number of halogens is 5. The van der Waals surface area contributed by atoms with Crippen LogP contribution in [0.15, 0.2) is 12.1 Å². The normalized spacial score (nSPS) is 12.4. The van der Waals surface area contributed by atoms with Crippen LogP contribution in [0.1, 0.15) is 11.1 Å². The van der Waals surface area contributed by atoms with Gasteiger partial charge in [-0.15, -0.1) is 0 Å². The largest absolute Gasteiger partial charge is 0.393 e. The van der Waals surface area contributed by atoms with Gasteiger partial charge in [0.05, 0.1) is 11.9 Å². The first kappa shape index (κ1) is 12.9. The van der Waals surface area contributed by atoms with Crippen LogP contribution < -0.4 is 0 Å². The van der Waals surface area contributed by atoms with E-state index in [9.17, 15) is 13.2 Å². The number of fused-ring (bicyclic) bond motifs is 1. The second-order valence-electron chi connectivity index (χ2n) is 3.71. The molecule has 2 nitrogen and oxygen atoms in total. The van der Waals surface area contributed by atoms with Crippen LogP contribution in [-0.4, -0.2) is 15.8 Å². The Hall–Kier alpha value is -0.500. The molecule has 0 aromatic carbocycles. The smallest absolute Gasteiger partial charge is 0.221 e. The molecular formula is C10H7ClF3IN2. The van der Waals surface area contributed by atoms with E-state index in [1.807, 2.05) is 0 Å². The molecule has 92 valence electrons. The van der Waals surface area contributed by atoms with Gasteiger partial charge in [-0.3, -0.25) is 0 Å². The van der Waals surface area contributed by atoms with Crippen LogP contribution in [0.25, 0.3) is 5.52 Å². The van der Waals surface area contributed by atoms with Crippen LogP contribution in [0.2, 0.25) is 5.15 Å². The van der Waals surface area contributed by atoms with E-state index in [4.69, 9.17) is 11.6 Å². The highest BCUT2D eigenvalue weighted by Gasteiger charge is 2.31. The molecule has 0 unspecified atom stereocenters. The van der Waals surface area contributed by atoms with Gasteiger partial charge in [0.25, 0.3) is 0 Å². The zero-order valence-corrected chi connectivity index (χ0v) is 11.6. The lowest BCUT2D eigenvalue weighted by molar-refractivity contribution is -0.127. The highest BCUT2D eigenvalue weighted by Crippen LogP contribution is 2.29. The van der Waals surface area contributed by atoms with Crippen molar-refractivity contribution >= 4 is 39.7 Å². The molecule has 0 radical (unpaired) electrons. The Balaban J connectivity index is 2.66. The predicted molar refractivity (Wildman–Crippen MR) is 67.4 cm³/mol. The fraction of sp³-hybridized carbons (Fsp3) is 0.300. The third-order valence-corrected chi connectivity index (χ3v) is 3.40. The van der Waals surface area contributed by atoms with Crippen LogP contribution in [0.5, 0.6) is 0 Å². The maximum atomic E-state index is 12.5. The van der Waals surface area contributed by atoms with Crippen molar-refractivity contribution < 1.29 is 13.2 Å². The minimum absolute atomic E-state index is 0.170. The molecule has 0 fully saturated rings. The highest BCUT2D eigenvalue weighted by molar-refractivity contribution is 14.1. The van der Waals surface area contributed by atoms with E-state index in [0.717, 1.165) is 5.56 Å². The molecule has 0 atom stereocenters. The first-order valence-electron chi connectivity index (χ1n) is 4.68. The van der Waals surface area contributed by atoms with E-state index >= 15 is 0 Å². The average Bonchev–Trinajstić information content (AvgIpc) is 2.43. The summed E-state index contributed by atoms with van der Waals surface area (Å²) in [5.41, 5.74) is 1.39. The van der Waals surface area contributed by atoms with Gasteiger partial charge in [-0.05, 0) is 47.2 Å². The highest BCUT2D eigenvalue weighted by atomic mass is 127. The first-order chi connectivity index (χ1) is 7.78. The van der Waals surface area contributed by atoms with E-state index in [2.05, 4.69) is 5.10 Å². The van der Waals surface area contributed by atoms with Gasteiger partial charge in [0.15, 0.2) is 0 Å². The third kappa shape index (κ3) is 2.67. The topological polar surface area (TPSA) is 17.3 Å². The Morgan fingerprint density at radius 3 is 2.65 bits per heavy atom.